The van der Waals surface area contributed by atoms with E-state index in [0.29, 0.717) is 22.8 Å². The summed E-state index contributed by atoms with van der Waals surface area (Å²) in [5, 5.41) is 6.68. The first-order chi connectivity index (χ1) is 10.2. The van der Waals surface area contributed by atoms with Crippen molar-refractivity contribution in [3.8, 4) is 5.75 Å². The van der Waals surface area contributed by atoms with Crippen molar-refractivity contribution in [3.05, 3.63) is 35.2 Å². The van der Waals surface area contributed by atoms with Crippen LogP contribution in [0.15, 0.2) is 22.7 Å². The van der Waals surface area contributed by atoms with Crippen LogP contribution in [0, 0.1) is 0 Å². The predicted molar refractivity (Wildman–Crippen MR) is 78.5 cm³/mol. The number of carbonyl (C=O) groups excluding carboxylic acids is 1. The first kappa shape index (κ1) is 13.5. The Morgan fingerprint density at radius 3 is 3.00 bits per heavy atom. The van der Waals surface area contributed by atoms with Crippen LogP contribution in [-0.4, -0.2) is 18.2 Å². The quantitative estimate of drug-likeness (QED) is 0.846. The number of aryl methyl sites for hydroxylation is 1. The molecule has 0 spiro atoms. The van der Waals surface area contributed by atoms with Crippen molar-refractivity contribution in [2.75, 3.05) is 18.2 Å². The molecule has 2 aromatic rings. The van der Waals surface area contributed by atoms with Gasteiger partial charge in [0, 0.05) is 18.1 Å². The zero-order valence-electron chi connectivity index (χ0n) is 11.8. The van der Waals surface area contributed by atoms with Gasteiger partial charge < -0.3 is 20.3 Å². The smallest absolute Gasteiger partial charge is 0.278 e. The monoisotopic (exact) mass is 287 g/mol. The third kappa shape index (κ3) is 2.56. The third-order valence-corrected chi connectivity index (χ3v) is 3.67. The lowest BCUT2D eigenvalue weighted by Crippen LogP contribution is -2.16. The minimum absolute atomic E-state index is 0.304. The van der Waals surface area contributed by atoms with E-state index in [1.54, 1.807) is 25.3 Å². The number of nitrogens with two attached hydrogens (primary N) is 1. The lowest BCUT2D eigenvalue weighted by Gasteiger charge is -2.11. The van der Waals surface area contributed by atoms with E-state index in [9.17, 15) is 4.79 Å². The molecule has 0 aliphatic heterocycles. The molecule has 0 radical (unpaired) electrons. The average Bonchev–Trinajstić information content (AvgIpc) is 2.93. The van der Waals surface area contributed by atoms with E-state index < -0.39 is 0 Å². The first-order valence-electron chi connectivity index (χ1n) is 6.91. The van der Waals surface area contributed by atoms with E-state index in [1.165, 1.54) is 0 Å². The zero-order chi connectivity index (χ0) is 14.8. The number of fused-ring (bicyclic) bond motifs is 1. The molecular formula is C15H17N3O3. The van der Waals surface area contributed by atoms with Crippen molar-refractivity contribution in [2.24, 2.45) is 0 Å². The summed E-state index contributed by atoms with van der Waals surface area (Å²) >= 11 is 0. The Balaban J connectivity index is 1.85. The van der Waals surface area contributed by atoms with Crippen LogP contribution in [0.25, 0.3) is 0 Å². The van der Waals surface area contributed by atoms with Gasteiger partial charge in [-0.1, -0.05) is 5.16 Å². The fourth-order valence-corrected chi connectivity index (χ4v) is 2.52. The molecule has 1 aromatic heterocycles. The van der Waals surface area contributed by atoms with Crippen molar-refractivity contribution < 1.29 is 14.1 Å². The Morgan fingerprint density at radius 2 is 2.19 bits per heavy atom. The number of ether oxygens (including phenoxy) is 1. The molecule has 1 aromatic carbocycles. The predicted octanol–water partition coefficient (Wildman–Crippen LogP) is 2.40. The molecule has 0 saturated heterocycles. The van der Waals surface area contributed by atoms with E-state index in [1.807, 2.05) is 0 Å². The van der Waals surface area contributed by atoms with E-state index >= 15 is 0 Å². The van der Waals surface area contributed by atoms with Crippen molar-refractivity contribution in [2.45, 2.75) is 25.7 Å². The molecular weight excluding hydrogens is 270 g/mol. The number of nitrogens with zero attached hydrogens (tertiary/aromatic N) is 1. The van der Waals surface area contributed by atoms with Crippen LogP contribution in [0.2, 0.25) is 0 Å². The van der Waals surface area contributed by atoms with E-state index in [0.717, 1.165) is 37.0 Å². The molecule has 110 valence electrons. The summed E-state index contributed by atoms with van der Waals surface area (Å²) in [6.45, 7) is 0. The molecule has 3 rings (SSSR count). The zero-order valence-corrected chi connectivity index (χ0v) is 11.8. The summed E-state index contributed by atoms with van der Waals surface area (Å²) in [5.74, 6) is 1.15. The molecule has 1 heterocycles. The van der Waals surface area contributed by atoms with Gasteiger partial charge in [-0.2, -0.15) is 0 Å². The molecule has 0 unspecified atom stereocenters. The molecule has 1 aliphatic rings. The lowest BCUT2D eigenvalue weighted by molar-refractivity contribution is 0.101. The molecule has 21 heavy (non-hydrogen) atoms. The number of nitrogen functional groups attached to an aromatic ring is 1. The second-order valence-electron chi connectivity index (χ2n) is 5.05. The van der Waals surface area contributed by atoms with Crippen LogP contribution in [0.5, 0.6) is 5.75 Å². The number of anilines is 2. The highest BCUT2D eigenvalue weighted by molar-refractivity contribution is 6.05. The maximum atomic E-state index is 12.4. The lowest BCUT2D eigenvalue weighted by atomic mass is 9.96. The van der Waals surface area contributed by atoms with Crippen LogP contribution in [-0.2, 0) is 12.8 Å². The van der Waals surface area contributed by atoms with Gasteiger partial charge in [0.05, 0.1) is 18.5 Å². The van der Waals surface area contributed by atoms with E-state index in [-0.39, 0.29) is 5.91 Å². The van der Waals surface area contributed by atoms with Crippen LogP contribution < -0.4 is 15.8 Å². The van der Waals surface area contributed by atoms with Gasteiger partial charge in [0.15, 0.2) is 5.69 Å². The highest BCUT2D eigenvalue weighted by Crippen LogP contribution is 2.27. The fraction of sp³-hybridized carbons (Fsp3) is 0.333. The number of nitrogens with one attached hydrogen (secondary N) is 1. The molecule has 0 saturated carbocycles. The van der Waals surface area contributed by atoms with Crippen molar-refractivity contribution in [1.29, 1.82) is 0 Å². The number of methoxy groups -OCH3 is 1. The van der Waals surface area contributed by atoms with Gasteiger partial charge in [0.2, 0.25) is 0 Å². The van der Waals surface area contributed by atoms with Gasteiger partial charge in [-0.15, -0.1) is 0 Å². The summed E-state index contributed by atoms with van der Waals surface area (Å²) in [4.78, 5) is 12.4. The number of aromatic nitrogens is 1. The van der Waals surface area contributed by atoms with Gasteiger partial charge in [-0.05, 0) is 31.4 Å². The Kier molecular flexibility index (Phi) is 3.51. The van der Waals surface area contributed by atoms with Gasteiger partial charge in [0.1, 0.15) is 11.5 Å². The minimum Gasteiger partial charge on any atom is -0.497 e. The van der Waals surface area contributed by atoms with E-state index in [2.05, 4.69) is 10.5 Å². The molecule has 0 fully saturated rings. The molecule has 6 heteroatoms. The normalized spacial score (nSPS) is 13.6. The Bertz CT molecular complexity index is 679. The van der Waals surface area contributed by atoms with Crippen LogP contribution >= 0.6 is 0 Å². The molecule has 1 amide bonds. The van der Waals surface area contributed by atoms with Crippen molar-refractivity contribution in [3.63, 3.8) is 0 Å². The number of carbonyl (C=O) groups is 1. The molecule has 0 bridgehead atoms. The first-order valence-corrected chi connectivity index (χ1v) is 6.91. The number of hydrogen-bond donors (Lipinski definition) is 2. The van der Waals surface area contributed by atoms with Crippen LogP contribution in [0.1, 0.15) is 34.7 Å². The maximum absolute atomic E-state index is 12.4. The van der Waals surface area contributed by atoms with Gasteiger partial charge in [0.25, 0.3) is 5.91 Å². The number of benzene rings is 1. The van der Waals surface area contributed by atoms with Crippen LogP contribution in [0.4, 0.5) is 11.4 Å². The Labute approximate surface area is 122 Å². The number of rotatable bonds is 3. The van der Waals surface area contributed by atoms with Crippen LogP contribution in [0.3, 0.4) is 0 Å². The average molecular weight is 287 g/mol. The second-order valence-corrected chi connectivity index (χ2v) is 5.05. The van der Waals surface area contributed by atoms with E-state index in [4.69, 9.17) is 15.0 Å². The molecule has 1 aliphatic carbocycles. The minimum atomic E-state index is -0.304. The molecule has 3 N–H and O–H groups in total. The number of amides is 1. The van der Waals surface area contributed by atoms with Gasteiger partial charge in [-0.3, -0.25) is 4.79 Å². The second kappa shape index (κ2) is 5.47. The highest BCUT2D eigenvalue weighted by atomic mass is 16.5. The SMILES string of the molecule is COc1ccc(N)c(NC(=O)c2noc3c2CCCC3)c1. The summed E-state index contributed by atoms with van der Waals surface area (Å²) < 4.78 is 10.4. The van der Waals surface area contributed by atoms with Gasteiger partial charge >= 0.3 is 0 Å². The fourth-order valence-electron chi connectivity index (χ4n) is 2.52. The number of hydrogen-bond acceptors (Lipinski definition) is 5. The topological polar surface area (TPSA) is 90.4 Å². The molecule has 0 atom stereocenters. The highest BCUT2D eigenvalue weighted by Gasteiger charge is 2.24. The Hall–Kier alpha value is -2.50. The largest absolute Gasteiger partial charge is 0.497 e. The van der Waals surface area contributed by atoms with Crippen molar-refractivity contribution >= 4 is 17.3 Å². The molecule has 6 nitrogen and oxygen atoms in total. The maximum Gasteiger partial charge on any atom is 0.278 e. The summed E-state index contributed by atoms with van der Waals surface area (Å²) in [6, 6.07) is 5.11. The summed E-state index contributed by atoms with van der Waals surface area (Å²) in [5.41, 5.74) is 8.12. The van der Waals surface area contributed by atoms with Gasteiger partial charge in [-0.25, -0.2) is 0 Å². The summed E-state index contributed by atoms with van der Waals surface area (Å²) in [7, 11) is 1.56. The summed E-state index contributed by atoms with van der Waals surface area (Å²) in [6.07, 6.45) is 3.80. The third-order valence-electron chi connectivity index (χ3n) is 3.67. The van der Waals surface area contributed by atoms with Crippen molar-refractivity contribution in [1.82, 2.24) is 5.16 Å². The standard InChI is InChI=1S/C15H17N3O3/c1-20-9-6-7-11(16)12(8-9)17-15(19)14-10-4-2-3-5-13(10)21-18-14/h6-8H,2-5,16H2,1H3,(H,17,19). The Morgan fingerprint density at radius 1 is 1.38 bits per heavy atom.